The third-order valence-electron chi connectivity index (χ3n) is 9.53. The maximum absolute atomic E-state index is 12.6. The van der Waals surface area contributed by atoms with Gasteiger partial charge in [-0.2, -0.15) is 0 Å². The first-order valence-electron chi connectivity index (χ1n) is 11.6. The fourth-order valence-electron chi connectivity index (χ4n) is 8.34. The number of carbonyl (C=O) groups excluding carboxylic acids is 2. The molecule has 4 rings (SSSR count). The van der Waals surface area contributed by atoms with Crippen molar-refractivity contribution in [1.82, 2.24) is 0 Å². The van der Waals surface area contributed by atoms with Crippen molar-refractivity contribution in [2.24, 2.45) is 40.4 Å². The van der Waals surface area contributed by atoms with Gasteiger partial charge in [-0.25, -0.2) is 0 Å². The second-order valence-electron chi connectivity index (χ2n) is 10.8. The Morgan fingerprint density at radius 2 is 1.89 bits per heavy atom. The third kappa shape index (κ3) is 2.91. The average Bonchev–Trinajstić information content (AvgIpc) is 2.94. The van der Waals surface area contributed by atoms with E-state index in [1.54, 1.807) is 5.57 Å². The summed E-state index contributed by atoms with van der Waals surface area (Å²) in [5.41, 5.74) is 2.00. The van der Waals surface area contributed by atoms with Gasteiger partial charge in [0, 0.05) is 19.3 Å². The molecule has 8 atom stereocenters. The highest BCUT2D eigenvalue weighted by atomic mass is 16.5. The van der Waals surface area contributed by atoms with Crippen LogP contribution >= 0.6 is 0 Å². The predicted octanol–water partition coefficient (Wildman–Crippen LogP) is 5.72. The summed E-state index contributed by atoms with van der Waals surface area (Å²) in [6, 6.07) is 0. The van der Waals surface area contributed by atoms with Crippen LogP contribution in [0.5, 0.6) is 0 Å². The van der Waals surface area contributed by atoms with Crippen LogP contribution in [0.3, 0.4) is 0 Å². The largest absolute Gasteiger partial charge is 0.462 e. The number of ketones is 1. The van der Waals surface area contributed by atoms with Gasteiger partial charge >= 0.3 is 5.97 Å². The number of hydrogen-bond acceptors (Lipinski definition) is 3. The summed E-state index contributed by atoms with van der Waals surface area (Å²) in [5.74, 6) is 3.25. The van der Waals surface area contributed by atoms with E-state index in [2.05, 4.69) is 26.8 Å². The normalized spacial score (nSPS) is 47.4. The number of Topliss-reactive ketones (excluding diaryl/α,β-unsaturated/α-hetero) is 1. The molecule has 0 heterocycles. The minimum Gasteiger partial charge on any atom is -0.462 e. The lowest BCUT2D eigenvalue weighted by Gasteiger charge is -2.58. The molecule has 3 nitrogen and oxygen atoms in total. The van der Waals surface area contributed by atoms with E-state index in [4.69, 9.17) is 4.74 Å². The predicted molar refractivity (Wildman–Crippen MR) is 111 cm³/mol. The average molecular weight is 387 g/mol. The Labute approximate surface area is 170 Å². The standard InChI is InChI=1S/C25H38O3/c1-6-17-13-22-20-8-7-18-14-19(28-16(3)27)9-11-24(18,4)21(20)10-12-25(22,5)23(17)15(2)26/h7,17,19-23H,6,8-14H2,1-5H3/t17-,19-,20-,21-,22+,23-,24+,25+/m1/s1. The van der Waals surface area contributed by atoms with Gasteiger partial charge in [0.05, 0.1) is 0 Å². The summed E-state index contributed by atoms with van der Waals surface area (Å²) in [6.45, 7) is 10.6. The van der Waals surface area contributed by atoms with Crippen LogP contribution in [0.1, 0.15) is 86.0 Å². The lowest BCUT2D eigenvalue weighted by Crippen LogP contribution is -2.51. The Balaban J connectivity index is 1.61. The van der Waals surface area contributed by atoms with Crippen molar-refractivity contribution in [2.75, 3.05) is 0 Å². The quantitative estimate of drug-likeness (QED) is 0.460. The highest BCUT2D eigenvalue weighted by Gasteiger charge is 2.61. The van der Waals surface area contributed by atoms with Crippen molar-refractivity contribution in [3.63, 3.8) is 0 Å². The van der Waals surface area contributed by atoms with Gasteiger partial charge in [-0.05, 0) is 80.0 Å². The van der Waals surface area contributed by atoms with Crippen molar-refractivity contribution in [3.05, 3.63) is 11.6 Å². The molecular formula is C25H38O3. The summed E-state index contributed by atoms with van der Waals surface area (Å²) >= 11 is 0. The van der Waals surface area contributed by atoms with Crippen molar-refractivity contribution in [2.45, 2.75) is 92.1 Å². The minimum atomic E-state index is -0.150. The van der Waals surface area contributed by atoms with E-state index in [0.29, 0.717) is 17.6 Å². The molecule has 0 aliphatic heterocycles. The molecule has 0 aromatic carbocycles. The zero-order valence-electron chi connectivity index (χ0n) is 18.4. The molecule has 3 heteroatoms. The van der Waals surface area contributed by atoms with E-state index in [1.807, 2.05) is 6.92 Å². The van der Waals surface area contributed by atoms with Crippen molar-refractivity contribution in [1.29, 1.82) is 0 Å². The van der Waals surface area contributed by atoms with Gasteiger partial charge in [-0.3, -0.25) is 9.59 Å². The lowest BCUT2D eigenvalue weighted by molar-refractivity contribution is -0.149. The van der Waals surface area contributed by atoms with Crippen LogP contribution in [0.4, 0.5) is 0 Å². The van der Waals surface area contributed by atoms with Gasteiger partial charge < -0.3 is 4.74 Å². The number of ether oxygens (including phenoxy) is 1. The first-order chi connectivity index (χ1) is 13.2. The van der Waals surface area contributed by atoms with Crippen molar-refractivity contribution in [3.8, 4) is 0 Å². The highest BCUT2D eigenvalue weighted by molar-refractivity contribution is 5.80. The number of carbonyl (C=O) groups is 2. The molecule has 0 spiro atoms. The van der Waals surface area contributed by atoms with E-state index in [1.165, 1.54) is 26.2 Å². The molecule has 0 aromatic heterocycles. The summed E-state index contributed by atoms with van der Waals surface area (Å²) in [6.07, 6.45) is 11.6. The molecule has 4 aliphatic rings. The maximum Gasteiger partial charge on any atom is 0.302 e. The Bertz CT molecular complexity index is 694. The molecule has 3 saturated carbocycles. The zero-order valence-corrected chi connectivity index (χ0v) is 18.4. The van der Waals surface area contributed by atoms with Crippen LogP contribution in [-0.4, -0.2) is 17.9 Å². The highest BCUT2D eigenvalue weighted by Crippen LogP contribution is 2.67. The smallest absolute Gasteiger partial charge is 0.302 e. The Morgan fingerprint density at radius 3 is 2.54 bits per heavy atom. The van der Waals surface area contributed by atoms with Gasteiger partial charge in [0.1, 0.15) is 11.9 Å². The molecule has 0 radical (unpaired) electrons. The van der Waals surface area contributed by atoms with E-state index in [-0.39, 0.29) is 28.8 Å². The van der Waals surface area contributed by atoms with Crippen molar-refractivity contribution >= 4 is 11.8 Å². The number of fused-ring (bicyclic) bond motifs is 5. The second-order valence-corrected chi connectivity index (χ2v) is 10.8. The summed E-state index contributed by atoms with van der Waals surface area (Å²) in [7, 11) is 0. The van der Waals surface area contributed by atoms with E-state index in [0.717, 1.165) is 43.9 Å². The Hall–Kier alpha value is -1.12. The van der Waals surface area contributed by atoms with Crippen LogP contribution < -0.4 is 0 Å². The molecule has 0 N–H and O–H groups in total. The summed E-state index contributed by atoms with van der Waals surface area (Å²) in [4.78, 5) is 24.0. The number of rotatable bonds is 3. The number of allylic oxidation sites excluding steroid dienone is 1. The fraction of sp³-hybridized carbons (Fsp3) is 0.840. The van der Waals surface area contributed by atoms with Gasteiger partial charge in [-0.1, -0.05) is 38.8 Å². The monoisotopic (exact) mass is 386 g/mol. The minimum absolute atomic E-state index is 0.0697. The van der Waals surface area contributed by atoms with E-state index in [9.17, 15) is 9.59 Å². The molecule has 0 saturated heterocycles. The third-order valence-corrected chi connectivity index (χ3v) is 9.53. The first-order valence-corrected chi connectivity index (χ1v) is 11.6. The fourth-order valence-corrected chi connectivity index (χ4v) is 8.34. The SMILES string of the molecule is CC[C@@H]1C[C@H]2[C@@H]3CC=C4C[C@H](OC(C)=O)CC[C@]4(C)[C@@H]3CC[C@]2(C)[C@@H]1C(C)=O. The van der Waals surface area contributed by atoms with Crippen LogP contribution in [0.15, 0.2) is 11.6 Å². The summed E-state index contributed by atoms with van der Waals surface area (Å²) < 4.78 is 5.56. The van der Waals surface area contributed by atoms with Crippen molar-refractivity contribution < 1.29 is 14.3 Å². The van der Waals surface area contributed by atoms with E-state index < -0.39 is 0 Å². The molecule has 156 valence electrons. The second kappa shape index (κ2) is 6.99. The molecule has 4 aliphatic carbocycles. The number of hydrogen-bond donors (Lipinski definition) is 0. The zero-order chi connectivity index (χ0) is 20.3. The topological polar surface area (TPSA) is 43.4 Å². The molecule has 0 aromatic rings. The Kier molecular flexibility index (Phi) is 5.03. The maximum atomic E-state index is 12.6. The molecule has 0 amide bonds. The van der Waals surface area contributed by atoms with Crippen LogP contribution in [-0.2, 0) is 14.3 Å². The first kappa shape index (κ1) is 20.2. The van der Waals surface area contributed by atoms with Crippen LogP contribution in [0, 0.1) is 40.4 Å². The Morgan fingerprint density at radius 1 is 1.14 bits per heavy atom. The number of esters is 1. The van der Waals surface area contributed by atoms with Gasteiger partial charge in [0.25, 0.3) is 0 Å². The molecule has 3 fully saturated rings. The lowest BCUT2D eigenvalue weighted by atomic mass is 9.47. The van der Waals surface area contributed by atoms with E-state index >= 15 is 0 Å². The molecule has 28 heavy (non-hydrogen) atoms. The van der Waals surface area contributed by atoms with Crippen LogP contribution in [0.2, 0.25) is 0 Å². The summed E-state index contributed by atoms with van der Waals surface area (Å²) in [5, 5.41) is 0. The molecule has 0 bridgehead atoms. The molecular weight excluding hydrogens is 348 g/mol. The van der Waals surface area contributed by atoms with Gasteiger partial charge in [-0.15, -0.1) is 0 Å². The molecule has 0 unspecified atom stereocenters. The van der Waals surface area contributed by atoms with Gasteiger partial charge in [0.15, 0.2) is 0 Å². The van der Waals surface area contributed by atoms with Gasteiger partial charge in [0.2, 0.25) is 0 Å². The van der Waals surface area contributed by atoms with Crippen LogP contribution in [0.25, 0.3) is 0 Å².